The van der Waals surface area contributed by atoms with Crippen molar-refractivity contribution < 1.29 is 8.78 Å². The van der Waals surface area contributed by atoms with Crippen LogP contribution in [-0.4, -0.2) is 9.55 Å². The van der Waals surface area contributed by atoms with E-state index in [9.17, 15) is 8.78 Å². The molecule has 5 heteroatoms. The quantitative estimate of drug-likeness (QED) is 0.649. The van der Waals surface area contributed by atoms with Gasteiger partial charge < -0.3 is 9.55 Å². The summed E-state index contributed by atoms with van der Waals surface area (Å²) in [7, 11) is 0. The highest BCUT2D eigenvalue weighted by Crippen LogP contribution is 2.24. The van der Waals surface area contributed by atoms with E-state index in [1.165, 1.54) is 18.1 Å². The molecule has 0 unspecified atom stereocenters. The molecule has 0 saturated heterocycles. The molecular formula is C14H14F2N2S. The first-order chi connectivity index (χ1) is 9.15. The molecule has 1 aliphatic carbocycles. The molecular weight excluding hydrogens is 266 g/mol. The first kappa shape index (κ1) is 12.5. The standard InChI is InChI=1S/C14H14F2N2S/c15-10-7-11(16)13-12(8-10)18(14(19)17-13)6-5-9-3-1-2-4-9/h3,7-8H,1-2,4-6H2,(H,17,19). The van der Waals surface area contributed by atoms with E-state index in [2.05, 4.69) is 11.1 Å². The highest BCUT2D eigenvalue weighted by molar-refractivity contribution is 7.71. The van der Waals surface area contributed by atoms with Gasteiger partial charge in [-0.15, -0.1) is 0 Å². The monoisotopic (exact) mass is 280 g/mol. The van der Waals surface area contributed by atoms with Crippen molar-refractivity contribution in [2.75, 3.05) is 0 Å². The van der Waals surface area contributed by atoms with Gasteiger partial charge in [-0.3, -0.25) is 0 Å². The molecule has 1 heterocycles. The van der Waals surface area contributed by atoms with Gasteiger partial charge in [-0.05, 0) is 44.0 Å². The summed E-state index contributed by atoms with van der Waals surface area (Å²) in [4.78, 5) is 2.81. The second-order valence-electron chi connectivity index (χ2n) is 4.87. The number of aryl methyl sites for hydroxylation is 1. The van der Waals surface area contributed by atoms with E-state index < -0.39 is 11.6 Å². The molecule has 0 radical (unpaired) electrons. The first-order valence-corrected chi connectivity index (χ1v) is 6.81. The lowest BCUT2D eigenvalue weighted by Crippen LogP contribution is -1.99. The molecule has 1 aromatic heterocycles. The lowest BCUT2D eigenvalue weighted by molar-refractivity contribution is 0.589. The number of nitrogens with zero attached hydrogens (tertiary/aromatic N) is 1. The SMILES string of the molecule is Fc1cc(F)c2[nH]c(=S)n(CCC3=CCCC3)c2c1. The van der Waals surface area contributed by atoms with Crippen LogP contribution in [0.4, 0.5) is 8.78 Å². The normalized spacial score (nSPS) is 15.2. The van der Waals surface area contributed by atoms with Gasteiger partial charge in [-0.2, -0.15) is 0 Å². The van der Waals surface area contributed by atoms with Crippen molar-refractivity contribution in [3.8, 4) is 0 Å². The summed E-state index contributed by atoms with van der Waals surface area (Å²) in [6, 6.07) is 2.20. The number of halogens is 2. The molecule has 0 atom stereocenters. The average Bonchev–Trinajstić information content (AvgIpc) is 2.95. The molecule has 1 N–H and O–H groups in total. The number of benzene rings is 1. The number of rotatable bonds is 3. The number of hydrogen-bond donors (Lipinski definition) is 1. The third kappa shape index (κ3) is 2.34. The Hall–Kier alpha value is -1.49. The average molecular weight is 280 g/mol. The molecule has 100 valence electrons. The fourth-order valence-corrected chi connectivity index (χ4v) is 2.91. The molecule has 3 rings (SSSR count). The lowest BCUT2D eigenvalue weighted by Gasteiger charge is -2.05. The molecule has 19 heavy (non-hydrogen) atoms. The number of nitrogens with one attached hydrogen (secondary N) is 1. The molecule has 1 aliphatic rings. The summed E-state index contributed by atoms with van der Waals surface area (Å²) in [6.07, 6.45) is 6.60. The Bertz CT molecular complexity index is 712. The first-order valence-electron chi connectivity index (χ1n) is 6.40. The number of aromatic nitrogens is 2. The molecule has 2 aromatic rings. The summed E-state index contributed by atoms with van der Waals surface area (Å²) >= 11 is 5.19. The van der Waals surface area contributed by atoms with E-state index in [4.69, 9.17) is 12.2 Å². The second-order valence-corrected chi connectivity index (χ2v) is 5.25. The Morgan fingerprint density at radius 1 is 1.32 bits per heavy atom. The lowest BCUT2D eigenvalue weighted by atomic mass is 10.1. The molecule has 0 aliphatic heterocycles. The van der Waals surface area contributed by atoms with Gasteiger partial charge in [0.05, 0.1) is 5.52 Å². The van der Waals surface area contributed by atoms with E-state index in [1.807, 2.05) is 0 Å². The van der Waals surface area contributed by atoms with E-state index >= 15 is 0 Å². The zero-order chi connectivity index (χ0) is 13.4. The van der Waals surface area contributed by atoms with Crippen LogP contribution in [0.25, 0.3) is 11.0 Å². The van der Waals surface area contributed by atoms with E-state index in [0.29, 0.717) is 16.8 Å². The fraction of sp³-hybridized carbons (Fsp3) is 0.357. The van der Waals surface area contributed by atoms with Crippen LogP contribution in [0.5, 0.6) is 0 Å². The molecule has 0 spiro atoms. The molecule has 0 fully saturated rings. The number of fused-ring (bicyclic) bond motifs is 1. The van der Waals surface area contributed by atoms with Gasteiger partial charge in [0.2, 0.25) is 0 Å². The van der Waals surface area contributed by atoms with Crippen LogP contribution < -0.4 is 0 Å². The van der Waals surface area contributed by atoms with Gasteiger partial charge in [-0.25, -0.2) is 8.78 Å². The number of imidazole rings is 1. The van der Waals surface area contributed by atoms with Crippen LogP contribution in [0.1, 0.15) is 25.7 Å². The summed E-state index contributed by atoms with van der Waals surface area (Å²) in [6.45, 7) is 0.660. The topological polar surface area (TPSA) is 20.7 Å². The minimum Gasteiger partial charge on any atom is -0.328 e. The Labute approximate surface area is 114 Å². The molecule has 0 bridgehead atoms. The highest BCUT2D eigenvalue weighted by Gasteiger charge is 2.12. The smallest absolute Gasteiger partial charge is 0.178 e. The number of allylic oxidation sites excluding steroid dienone is 2. The minimum absolute atomic E-state index is 0.284. The molecule has 1 aromatic carbocycles. The maximum Gasteiger partial charge on any atom is 0.178 e. The van der Waals surface area contributed by atoms with Crippen LogP contribution in [0.3, 0.4) is 0 Å². The number of hydrogen-bond acceptors (Lipinski definition) is 1. The molecule has 0 amide bonds. The Morgan fingerprint density at radius 3 is 2.89 bits per heavy atom. The van der Waals surface area contributed by atoms with Gasteiger partial charge in [0.1, 0.15) is 11.3 Å². The van der Waals surface area contributed by atoms with Crippen molar-refractivity contribution in [2.45, 2.75) is 32.2 Å². The van der Waals surface area contributed by atoms with E-state index in [-0.39, 0.29) is 5.52 Å². The molecule has 2 nitrogen and oxygen atoms in total. The van der Waals surface area contributed by atoms with Crippen LogP contribution in [0.2, 0.25) is 0 Å². The van der Waals surface area contributed by atoms with Gasteiger partial charge in [0, 0.05) is 12.6 Å². The predicted molar refractivity (Wildman–Crippen MR) is 73.6 cm³/mol. The van der Waals surface area contributed by atoms with Crippen molar-refractivity contribution in [1.82, 2.24) is 9.55 Å². The summed E-state index contributed by atoms with van der Waals surface area (Å²) in [5, 5.41) is 0. The predicted octanol–water partition coefficient (Wildman–Crippen LogP) is 4.48. The van der Waals surface area contributed by atoms with E-state index in [0.717, 1.165) is 25.3 Å². The maximum atomic E-state index is 13.6. The van der Waals surface area contributed by atoms with E-state index in [1.54, 1.807) is 4.57 Å². The summed E-state index contributed by atoms with van der Waals surface area (Å²) in [5.74, 6) is -1.17. The molecule has 0 saturated carbocycles. The number of H-pyrrole nitrogens is 1. The van der Waals surface area contributed by atoms with Crippen molar-refractivity contribution in [3.05, 3.63) is 40.2 Å². The van der Waals surface area contributed by atoms with Crippen molar-refractivity contribution in [2.24, 2.45) is 0 Å². The van der Waals surface area contributed by atoms with Gasteiger partial charge in [-0.1, -0.05) is 11.6 Å². The Morgan fingerprint density at radius 2 is 2.16 bits per heavy atom. The van der Waals surface area contributed by atoms with Crippen LogP contribution in [0, 0.1) is 16.4 Å². The third-order valence-corrected chi connectivity index (χ3v) is 3.92. The third-order valence-electron chi connectivity index (χ3n) is 3.59. The van der Waals surface area contributed by atoms with Crippen LogP contribution >= 0.6 is 12.2 Å². The largest absolute Gasteiger partial charge is 0.328 e. The second kappa shape index (κ2) is 4.89. The van der Waals surface area contributed by atoms with Gasteiger partial charge in [0.25, 0.3) is 0 Å². The zero-order valence-corrected chi connectivity index (χ0v) is 11.2. The van der Waals surface area contributed by atoms with Crippen LogP contribution in [-0.2, 0) is 6.54 Å². The maximum absolute atomic E-state index is 13.6. The minimum atomic E-state index is -0.597. The zero-order valence-electron chi connectivity index (χ0n) is 10.4. The van der Waals surface area contributed by atoms with Crippen molar-refractivity contribution in [1.29, 1.82) is 0 Å². The Balaban J connectivity index is 1.98. The van der Waals surface area contributed by atoms with Gasteiger partial charge in [0.15, 0.2) is 10.6 Å². The Kier molecular flexibility index (Phi) is 3.22. The fourth-order valence-electron chi connectivity index (χ4n) is 2.62. The summed E-state index contributed by atoms with van der Waals surface area (Å²) < 4.78 is 29.2. The van der Waals surface area contributed by atoms with Crippen molar-refractivity contribution in [3.63, 3.8) is 0 Å². The summed E-state index contributed by atoms with van der Waals surface area (Å²) in [5.41, 5.74) is 2.20. The number of aromatic amines is 1. The van der Waals surface area contributed by atoms with Gasteiger partial charge >= 0.3 is 0 Å². The highest BCUT2D eigenvalue weighted by atomic mass is 32.1. The van der Waals surface area contributed by atoms with Crippen LogP contribution in [0.15, 0.2) is 23.8 Å². The van der Waals surface area contributed by atoms with Crippen molar-refractivity contribution >= 4 is 23.3 Å².